The number of amides is 3. The Labute approximate surface area is 175 Å². The summed E-state index contributed by atoms with van der Waals surface area (Å²) in [5.74, 6) is -2.88. The van der Waals surface area contributed by atoms with Crippen molar-refractivity contribution in [1.29, 1.82) is 0 Å². The van der Waals surface area contributed by atoms with Crippen molar-refractivity contribution in [2.24, 2.45) is 11.5 Å². The molecule has 0 fully saturated rings. The molecule has 1 aromatic rings. The summed E-state index contributed by atoms with van der Waals surface area (Å²) < 4.78 is 0. The Hall–Kier alpha value is -2.98. The van der Waals surface area contributed by atoms with E-state index in [2.05, 4.69) is 16.0 Å². The number of aliphatic carboxylic acids is 1. The van der Waals surface area contributed by atoms with Gasteiger partial charge in [-0.1, -0.05) is 36.8 Å². The number of rotatable bonds is 13. The predicted molar refractivity (Wildman–Crippen MR) is 111 cm³/mol. The third-order valence-electron chi connectivity index (χ3n) is 4.39. The number of benzene rings is 1. The fourth-order valence-electron chi connectivity index (χ4n) is 2.67. The van der Waals surface area contributed by atoms with Crippen molar-refractivity contribution in [2.75, 3.05) is 13.1 Å². The Morgan fingerprint density at radius 2 is 1.67 bits per heavy atom. The summed E-state index contributed by atoms with van der Waals surface area (Å²) in [5.41, 5.74) is 12.2. The first-order valence-electron chi connectivity index (χ1n) is 9.84. The van der Waals surface area contributed by atoms with Gasteiger partial charge in [0.2, 0.25) is 17.7 Å². The minimum atomic E-state index is -1.19. The van der Waals surface area contributed by atoms with E-state index in [9.17, 15) is 19.2 Å². The maximum Gasteiger partial charge on any atom is 0.322 e. The highest BCUT2D eigenvalue weighted by Crippen LogP contribution is 2.05. The van der Waals surface area contributed by atoms with Crippen LogP contribution in [0, 0.1) is 0 Å². The molecule has 0 aliphatic heterocycles. The van der Waals surface area contributed by atoms with Crippen molar-refractivity contribution in [3.8, 4) is 0 Å². The lowest BCUT2D eigenvalue weighted by atomic mass is 10.0. The Bertz CT molecular complexity index is 713. The zero-order valence-electron chi connectivity index (χ0n) is 17.1. The van der Waals surface area contributed by atoms with Crippen LogP contribution >= 0.6 is 0 Å². The van der Waals surface area contributed by atoms with Crippen LogP contribution in [0.15, 0.2) is 30.3 Å². The average Bonchev–Trinajstić information content (AvgIpc) is 2.72. The van der Waals surface area contributed by atoms with Gasteiger partial charge in [0.15, 0.2) is 0 Å². The average molecular weight is 421 g/mol. The topological polar surface area (TPSA) is 177 Å². The van der Waals surface area contributed by atoms with E-state index >= 15 is 0 Å². The van der Waals surface area contributed by atoms with E-state index in [1.165, 1.54) is 6.92 Å². The van der Waals surface area contributed by atoms with Crippen LogP contribution in [-0.4, -0.2) is 60.0 Å². The molecule has 8 N–H and O–H groups in total. The van der Waals surface area contributed by atoms with Gasteiger partial charge in [-0.05, 0) is 31.9 Å². The third-order valence-corrected chi connectivity index (χ3v) is 4.39. The minimum Gasteiger partial charge on any atom is -0.480 e. The van der Waals surface area contributed by atoms with Crippen LogP contribution in [0.5, 0.6) is 0 Å². The summed E-state index contributed by atoms with van der Waals surface area (Å²) in [6, 6.07) is 6.38. The fourth-order valence-corrected chi connectivity index (χ4v) is 2.67. The van der Waals surface area contributed by atoms with Crippen LogP contribution in [0.2, 0.25) is 0 Å². The van der Waals surface area contributed by atoms with Gasteiger partial charge in [0.25, 0.3) is 0 Å². The van der Waals surface area contributed by atoms with E-state index in [1.54, 1.807) is 0 Å². The first kappa shape index (κ1) is 25.1. The summed E-state index contributed by atoms with van der Waals surface area (Å²) in [7, 11) is 0. The Kier molecular flexibility index (Phi) is 11.1. The molecule has 0 spiro atoms. The molecule has 0 radical (unpaired) electrons. The zero-order valence-corrected chi connectivity index (χ0v) is 17.1. The van der Waals surface area contributed by atoms with Gasteiger partial charge in [0, 0.05) is 6.42 Å². The molecule has 0 aliphatic carbocycles. The number of carboxylic acid groups (broad SMARTS) is 1. The lowest BCUT2D eigenvalue weighted by Gasteiger charge is -2.23. The maximum atomic E-state index is 12.7. The van der Waals surface area contributed by atoms with Crippen molar-refractivity contribution in [3.05, 3.63) is 35.9 Å². The molecule has 30 heavy (non-hydrogen) atoms. The largest absolute Gasteiger partial charge is 0.480 e. The lowest BCUT2D eigenvalue weighted by molar-refractivity contribution is -0.138. The van der Waals surface area contributed by atoms with Crippen LogP contribution in [0.1, 0.15) is 31.7 Å². The predicted octanol–water partition coefficient (Wildman–Crippen LogP) is -1.12. The summed E-state index contributed by atoms with van der Waals surface area (Å²) in [4.78, 5) is 47.7. The van der Waals surface area contributed by atoms with Crippen LogP contribution < -0.4 is 27.4 Å². The second kappa shape index (κ2) is 13.3. The summed E-state index contributed by atoms with van der Waals surface area (Å²) in [5, 5.41) is 16.0. The van der Waals surface area contributed by atoms with Crippen molar-refractivity contribution in [1.82, 2.24) is 16.0 Å². The second-order valence-electron chi connectivity index (χ2n) is 6.98. The number of hydrogen-bond donors (Lipinski definition) is 6. The summed E-state index contributed by atoms with van der Waals surface area (Å²) in [6.07, 6.45) is 2.09. The van der Waals surface area contributed by atoms with E-state index in [0.29, 0.717) is 19.4 Å². The lowest BCUT2D eigenvalue weighted by Crippen LogP contribution is -2.56. The minimum absolute atomic E-state index is 0.206. The molecule has 1 aromatic carbocycles. The van der Waals surface area contributed by atoms with E-state index < -0.39 is 48.4 Å². The van der Waals surface area contributed by atoms with E-state index in [1.807, 2.05) is 30.3 Å². The number of nitrogens with two attached hydrogens (primary N) is 2. The van der Waals surface area contributed by atoms with Crippen molar-refractivity contribution < 1.29 is 24.3 Å². The van der Waals surface area contributed by atoms with Crippen LogP contribution in [0.25, 0.3) is 0 Å². The molecular formula is C20H31N5O5. The highest BCUT2D eigenvalue weighted by atomic mass is 16.4. The first-order valence-corrected chi connectivity index (χ1v) is 9.84. The number of unbranched alkanes of at least 4 members (excludes halogenated alkanes) is 1. The smallest absolute Gasteiger partial charge is 0.322 e. The number of carbonyl (C=O) groups is 4. The fraction of sp³-hybridized carbons (Fsp3) is 0.500. The Morgan fingerprint density at radius 1 is 1.00 bits per heavy atom. The number of nitrogens with one attached hydrogen (secondary N) is 3. The Morgan fingerprint density at radius 3 is 2.27 bits per heavy atom. The van der Waals surface area contributed by atoms with Crippen molar-refractivity contribution in [3.63, 3.8) is 0 Å². The molecule has 0 bridgehead atoms. The van der Waals surface area contributed by atoms with Gasteiger partial charge in [0.1, 0.15) is 18.6 Å². The van der Waals surface area contributed by atoms with Gasteiger partial charge in [-0.15, -0.1) is 0 Å². The zero-order chi connectivity index (χ0) is 22.5. The van der Waals surface area contributed by atoms with Gasteiger partial charge < -0.3 is 32.5 Å². The monoisotopic (exact) mass is 421 g/mol. The molecule has 3 atom stereocenters. The van der Waals surface area contributed by atoms with Crippen molar-refractivity contribution in [2.45, 2.75) is 50.7 Å². The van der Waals surface area contributed by atoms with Gasteiger partial charge >= 0.3 is 5.97 Å². The SMILES string of the molecule is CC(NC(=O)C(Cc1ccccc1)NC(=O)C(N)CCCCN)C(=O)NCC(=O)O. The van der Waals surface area contributed by atoms with Gasteiger partial charge in [0.05, 0.1) is 6.04 Å². The molecule has 10 heteroatoms. The molecule has 3 amide bonds. The molecule has 0 aliphatic rings. The molecule has 1 rings (SSSR count). The van der Waals surface area contributed by atoms with Crippen LogP contribution in [0.4, 0.5) is 0 Å². The normalized spacial score (nSPS) is 13.6. The van der Waals surface area contributed by atoms with Gasteiger partial charge in [-0.3, -0.25) is 19.2 Å². The highest BCUT2D eigenvalue weighted by molar-refractivity contribution is 5.93. The molecule has 10 nitrogen and oxygen atoms in total. The molecule has 3 unspecified atom stereocenters. The molecule has 0 saturated carbocycles. The maximum absolute atomic E-state index is 12.7. The quantitative estimate of drug-likeness (QED) is 0.218. The van der Waals surface area contributed by atoms with E-state index in [-0.39, 0.29) is 6.42 Å². The Balaban J connectivity index is 2.79. The van der Waals surface area contributed by atoms with Gasteiger partial charge in [-0.2, -0.15) is 0 Å². The molecular weight excluding hydrogens is 390 g/mol. The molecule has 0 saturated heterocycles. The van der Waals surface area contributed by atoms with Crippen LogP contribution in [-0.2, 0) is 25.6 Å². The van der Waals surface area contributed by atoms with E-state index in [0.717, 1.165) is 12.0 Å². The van der Waals surface area contributed by atoms with Gasteiger partial charge in [-0.25, -0.2) is 0 Å². The highest BCUT2D eigenvalue weighted by Gasteiger charge is 2.26. The van der Waals surface area contributed by atoms with Crippen LogP contribution in [0.3, 0.4) is 0 Å². The summed E-state index contributed by atoms with van der Waals surface area (Å²) >= 11 is 0. The number of carboxylic acids is 1. The molecule has 0 aromatic heterocycles. The van der Waals surface area contributed by atoms with E-state index in [4.69, 9.17) is 16.6 Å². The summed E-state index contributed by atoms with van der Waals surface area (Å²) in [6.45, 7) is 1.38. The standard InChI is InChI=1S/C20H31N5O5/c1-13(18(28)23-12-17(26)27)24-20(30)16(11-14-7-3-2-4-8-14)25-19(29)15(22)9-5-6-10-21/h2-4,7-8,13,15-16H,5-6,9-12,21-22H2,1H3,(H,23,28)(H,24,30)(H,25,29)(H,26,27). The molecule has 0 heterocycles. The number of carbonyl (C=O) groups excluding carboxylic acids is 3. The first-order chi connectivity index (χ1) is 14.2. The number of hydrogen-bond acceptors (Lipinski definition) is 6. The van der Waals surface area contributed by atoms with Crippen molar-refractivity contribution >= 4 is 23.7 Å². The molecule has 166 valence electrons. The second-order valence-corrected chi connectivity index (χ2v) is 6.98. The third kappa shape index (κ3) is 9.48.